The van der Waals surface area contributed by atoms with Gasteiger partial charge in [-0.1, -0.05) is 67.1 Å². The Hall–Kier alpha value is -3.27. The van der Waals surface area contributed by atoms with Gasteiger partial charge in [0.15, 0.2) is 5.78 Å². The third-order valence-corrected chi connectivity index (χ3v) is 6.83. The number of aryl methyl sites for hydroxylation is 1. The van der Waals surface area contributed by atoms with Crippen molar-refractivity contribution in [2.75, 3.05) is 0 Å². The molecule has 0 N–H and O–H groups in total. The summed E-state index contributed by atoms with van der Waals surface area (Å²) < 4.78 is 5.65. The Bertz CT molecular complexity index is 1220. The maximum atomic E-state index is 13.6. The monoisotopic (exact) mass is 384 g/mol. The fraction of sp³-hybridized carbons (Fsp3) is 0.240. The summed E-state index contributed by atoms with van der Waals surface area (Å²) in [7, 11) is 0. The molecule has 0 amide bonds. The van der Waals surface area contributed by atoms with Crippen molar-refractivity contribution < 1.29 is 19.1 Å². The quantitative estimate of drug-likeness (QED) is 0.286. The third kappa shape index (κ3) is 2.01. The standard InChI is InChI=1S/C25H20O4/c1-14-8-10-17(11-9-14)22(27)24(3)21-20-18-7-5-4-6-16(18)12-13-19(20)29-23(28)25(21,24)15(2)26/h4-13,21H,1-3H3/t21-,24-,25+/m1/s1. The molecule has 144 valence electrons. The molecule has 1 aliphatic heterocycles. The number of rotatable bonds is 3. The summed E-state index contributed by atoms with van der Waals surface area (Å²) in [6, 6.07) is 18.7. The average Bonchev–Trinajstić information content (AvgIpc) is 3.31. The van der Waals surface area contributed by atoms with Gasteiger partial charge < -0.3 is 4.74 Å². The fourth-order valence-electron chi connectivity index (χ4n) is 5.32. The maximum absolute atomic E-state index is 13.6. The lowest BCUT2D eigenvalue weighted by Gasteiger charge is -2.22. The highest BCUT2D eigenvalue weighted by Crippen LogP contribution is 2.79. The summed E-state index contributed by atoms with van der Waals surface area (Å²) in [6.45, 7) is 5.07. The Balaban J connectivity index is 1.77. The van der Waals surface area contributed by atoms with E-state index in [4.69, 9.17) is 4.74 Å². The molecule has 0 spiro atoms. The number of carbonyl (C=O) groups excluding carboxylic acids is 3. The van der Waals surface area contributed by atoms with Crippen LogP contribution in [0.25, 0.3) is 10.8 Å². The first kappa shape index (κ1) is 17.8. The van der Waals surface area contributed by atoms with Crippen molar-refractivity contribution in [3.63, 3.8) is 0 Å². The molecule has 0 unspecified atom stereocenters. The predicted octanol–water partition coefficient (Wildman–Crippen LogP) is 4.63. The van der Waals surface area contributed by atoms with Crippen LogP contribution in [-0.4, -0.2) is 17.5 Å². The van der Waals surface area contributed by atoms with Crippen molar-refractivity contribution in [1.29, 1.82) is 0 Å². The maximum Gasteiger partial charge on any atom is 0.326 e. The molecule has 0 radical (unpaired) electrons. The fourth-order valence-corrected chi connectivity index (χ4v) is 5.32. The van der Waals surface area contributed by atoms with E-state index in [9.17, 15) is 14.4 Å². The van der Waals surface area contributed by atoms with Crippen LogP contribution in [0.4, 0.5) is 0 Å². The van der Waals surface area contributed by atoms with Gasteiger partial charge in [-0.2, -0.15) is 0 Å². The Morgan fingerprint density at radius 3 is 2.34 bits per heavy atom. The van der Waals surface area contributed by atoms with Crippen molar-refractivity contribution in [2.24, 2.45) is 10.8 Å². The zero-order valence-corrected chi connectivity index (χ0v) is 16.5. The van der Waals surface area contributed by atoms with Crippen molar-refractivity contribution in [1.82, 2.24) is 0 Å². The average molecular weight is 384 g/mol. The minimum atomic E-state index is -1.48. The van der Waals surface area contributed by atoms with Crippen LogP contribution in [0.1, 0.15) is 41.3 Å². The summed E-state index contributed by atoms with van der Waals surface area (Å²) >= 11 is 0. The molecule has 0 bridgehead atoms. The number of ether oxygens (including phenoxy) is 1. The van der Waals surface area contributed by atoms with E-state index in [0.717, 1.165) is 21.9 Å². The molecular formula is C25H20O4. The molecule has 1 aliphatic carbocycles. The molecule has 1 saturated carbocycles. The summed E-state index contributed by atoms with van der Waals surface area (Å²) in [5.41, 5.74) is -0.340. The van der Waals surface area contributed by atoms with Crippen LogP contribution >= 0.6 is 0 Å². The number of esters is 1. The largest absolute Gasteiger partial charge is 0.425 e. The molecule has 3 aromatic rings. The Morgan fingerprint density at radius 2 is 1.66 bits per heavy atom. The van der Waals surface area contributed by atoms with Gasteiger partial charge in [-0.25, -0.2) is 0 Å². The lowest BCUT2D eigenvalue weighted by Crippen LogP contribution is -2.37. The van der Waals surface area contributed by atoms with Crippen LogP contribution in [0, 0.1) is 17.8 Å². The summed E-state index contributed by atoms with van der Waals surface area (Å²) in [6.07, 6.45) is 0. The lowest BCUT2D eigenvalue weighted by molar-refractivity contribution is -0.147. The minimum absolute atomic E-state index is 0.199. The molecule has 1 heterocycles. The number of carbonyl (C=O) groups is 3. The Morgan fingerprint density at radius 1 is 0.966 bits per heavy atom. The first-order valence-electron chi connectivity index (χ1n) is 9.70. The van der Waals surface area contributed by atoms with E-state index in [1.807, 2.05) is 49.4 Å². The second-order valence-corrected chi connectivity index (χ2v) is 8.28. The molecule has 3 atom stereocenters. The lowest BCUT2D eigenvalue weighted by atomic mass is 9.84. The van der Waals surface area contributed by atoms with Crippen molar-refractivity contribution in [2.45, 2.75) is 26.7 Å². The van der Waals surface area contributed by atoms with E-state index < -0.39 is 22.7 Å². The summed E-state index contributed by atoms with van der Waals surface area (Å²) in [5, 5.41) is 1.90. The number of ketones is 2. The molecule has 4 heteroatoms. The van der Waals surface area contributed by atoms with Crippen molar-refractivity contribution >= 4 is 28.3 Å². The van der Waals surface area contributed by atoms with E-state index in [0.29, 0.717) is 11.3 Å². The highest BCUT2D eigenvalue weighted by molar-refractivity contribution is 6.22. The van der Waals surface area contributed by atoms with Gasteiger partial charge in [0, 0.05) is 17.0 Å². The molecule has 0 saturated heterocycles. The van der Waals surface area contributed by atoms with Crippen LogP contribution < -0.4 is 4.74 Å². The number of fused-ring (bicyclic) bond motifs is 5. The summed E-state index contributed by atoms with van der Waals surface area (Å²) in [4.78, 5) is 39.6. The van der Waals surface area contributed by atoms with Crippen LogP contribution in [-0.2, 0) is 9.59 Å². The van der Waals surface area contributed by atoms with E-state index >= 15 is 0 Å². The number of benzene rings is 3. The zero-order valence-electron chi connectivity index (χ0n) is 16.5. The molecule has 4 nitrogen and oxygen atoms in total. The Kier molecular flexibility index (Phi) is 3.46. The Labute approximate surface area is 168 Å². The first-order chi connectivity index (χ1) is 13.8. The van der Waals surface area contributed by atoms with Gasteiger partial charge in [0.1, 0.15) is 16.9 Å². The van der Waals surface area contributed by atoms with Gasteiger partial charge in [-0.15, -0.1) is 0 Å². The molecule has 2 aliphatic rings. The molecule has 0 aromatic heterocycles. The SMILES string of the molecule is CC(=O)[C@@]12C(=O)Oc3ccc4ccccc4c3[C@@H]1[C@]2(C)C(=O)c1ccc(C)cc1. The van der Waals surface area contributed by atoms with Gasteiger partial charge >= 0.3 is 5.97 Å². The van der Waals surface area contributed by atoms with Crippen LogP contribution in [0.15, 0.2) is 60.7 Å². The van der Waals surface area contributed by atoms with E-state index in [2.05, 4.69) is 0 Å². The minimum Gasteiger partial charge on any atom is -0.425 e. The third-order valence-electron chi connectivity index (χ3n) is 6.83. The van der Waals surface area contributed by atoms with E-state index in [1.165, 1.54) is 6.92 Å². The first-order valence-corrected chi connectivity index (χ1v) is 9.70. The van der Waals surface area contributed by atoms with Gasteiger partial charge in [-0.05, 0) is 30.7 Å². The van der Waals surface area contributed by atoms with E-state index in [1.54, 1.807) is 25.1 Å². The molecule has 3 aromatic carbocycles. The van der Waals surface area contributed by atoms with Crippen LogP contribution in [0.3, 0.4) is 0 Å². The van der Waals surface area contributed by atoms with Gasteiger partial charge in [0.05, 0.1) is 5.41 Å². The second-order valence-electron chi connectivity index (χ2n) is 8.28. The van der Waals surface area contributed by atoms with Crippen LogP contribution in [0.2, 0.25) is 0 Å². The highest BCUT2D eigenvalue weighted by Gasteiger charge is 2.86. The normalized spacial score (nSPS) is 27.0. The van der Waals surface area contributed by atoms with Crippen molar-refractivity contribution in [3.8, 4) is 5.75 Å². The van der Waals surface area contributed by atoms with Crippen LogP contribution in [0.5, 0.6) is 5.75 Å². The van der Waals surface area contributed by atoms with E-state index in [-0.39, 0.29) is 11.6 Å². The predicted molar refractivity (Wildman–Crippen MR) is 109 cm³/mol. The second kappa shape index (κ2) is 5.63. The number of hydrogen-bond donors (Lipinski definition) is 0. The summed E-state index contributed by atoms with van der Waals surface area (Å²) in [5.74, 6) is -1.25. The molecular weight excluding hydrogens is 364 g/mol. The zero-order chi connectivity index (χ0) is 20.6. The topological polar surface area (TPSA) is 60.4 Å². The van der Waals surface area contributed by atoms with Gasteiger partial charge in [-0.3, -0.25) is 14.4 Å². The highest BCUT2D eigenvalue weighted by atomic mass is 16.5. The number of hydrogen-bond acceptors (Lipinski definition) is 4. The van der Waals surface area contributed by atoms with Gasteiger partial charge in [0.2, 0.25) is 0 Å². The smallest absolute Gasteiger partial charge is 0.326 e. The number of Topliss-reactive ketones (excluding diaryl/α,β-unsaturated/α-hetero) is 2. The molecule has 29 heavy (non-hydrogen) atoms. The van der Waals surface area contributed by atoms with Crippen molar-refractivity contribution in [3.05, 3.63) is 77.4 Å². The van der Waals surface area contributed by atoms with Gasteiger partial charge in [0.25, 0.3) is 0 Å². The molecule has 1 fully saturated rings. The molecule has 5 rings (SSSR count).